The second-order valence-electron chi connectivity index (χ2n) is 15.4. The molecule has 2 bridgehead atoms. The number of likely N-dealkylation sites (tertiary alicyclic amines) is 1. The van der Waals surface area contributed by atoms with Crippen LogP contribution in [0.4, 0.5) is 13.2 Å². The van der Waals surface area contributed by atoms with E-state index in [4.69, 9.17) is 9.47 Å². The smallest absolute Gasteiger partial charge is 0.416 e. The summed E-state index contributed by atoms with van der Waals surface area (Å²) in [4.78, 5) is 31.0. The highest BCUT2D eigenvalue weighted by atomic mass is 19.4. The van der Waals surface area contributed by atoms with Gasteiger partial charge in [-0.2, -0.15) is 13.2 Å². The van der Waals surface area contributed by atoms with Crippen LogP contribution in [0.2, 0.25) is 0 Å². The van der Waals surface area contributed by atoms with Gasteiger partial charge in [-0.1, -0.05) is 37.5 Å². The molecule has 2 heterocycles. The Balaban J connectivity index is 1.19. The average Bonchev–Trinajstić information content (AvgIpc) is 3.82. The van der Waals surface area contributed by atoms with Crippen LogP contribution < -0.4 is 9.47 Å². The molecule has 6 aliphatic rings. The Morgan fingerprint density at radius 1 is 1.06 bits per heavy atom. The van der Waals surface area contributed by atoms with Crippen LogP contribution in [0.5, 0.6) is 11.5 Å². The molecule has 262 valence electrons. The molecular formula is C39H45F3N2O5. The van der Waals surface area contributed by atoms with Gasteiger partial charge in [0.15, 0.2) is 11.5 Å². The summed E-state index contributed by atoms with van der Waals surface area (Å²) >= 11 is 0. The van der Waals surface area contributed by atoms with Gasteiger partial charge in [-0.05, 0) is 105 Å². The van der Waals surface area contributed by atoms with Crippen molar-refractivity contribution in [1.29, 1.82) is 0 Å². The Morgan fingerprint density at radius 2 is 1.86 bits per heavy atom. The Bertz CT molecular complexity index is 1670. The fourth-order valence-electron chi connectivity index (χ4n) is 10.1. The molecule has 0 radical (unpaired) electrons. The maximum absolute atomic E-state index is 14.4. The monoisotopic (exact) mass is 678 g/mol. The van der Waals surface area contributed by atoms with Crippen LogP contribution in [-0.2, 0) is 27.6 Å². The molecular weight excluding hydrogens is 633 g/mol. The van der Waals surface area contributed by atoms with Crippen LogP contribution in [-0.4, -0.2) is 70.2 Å². The van der Waals surface area contributed by atoms with Gasteiger partial charge in [0.1, 0.15) is 6.10 Å². The fourth-order valence-corrected chi connectivity index (χ4v) is 10.1. The number of alkyl halides is 3. The van der Waals surface area contributed by atoms with E-state index in [1.54, 1.807) is 12.1 Å². The second-order valence-corrected chi connectivity index (χ2v) is 15.4. The van der Waals surface area contributed by atoms with Crippen molar-refractivity contribution in [3.63, 3.8) is 0 Å². The van der Waals surface area contributed by atoms with Crippen molar-refractivity contribution in [2.24, 2.45) is 11.8 Å². The molecule has 8 rings (SSSR count). The van der Waals surface area contributed by atoms with Gasteiger partial charge < -0.3 is 19.5 Å². The highest BCUT2D eigenvalue weighted by Gasteiger charge is 2.73. The summed E-state index contributed by atoms with van der Waals surface area (Å²) in [5, 5.41) is 13.1. The SMILES string of the molecule is CC(=O)Oc1ccc2c3c1O[C@H]1[C@H](N(CC4CCCCC4)C(=O)C=Cc4cccc(C(F)(F)F)c4)CC[C@@]4(O)[C@@H](C2)N(CC2CC2)CC[C@]314. The van der Waals surface area contributed by atoms with Crippen molar-refractivity contribution in [3.05, 3.63) is 64.7 Å². The first-order valence-electron chi connectivity index (χ1n) is 18.1. The van der Waals surface area contributed by atoms with Gasteiger partial charge in [-0.25, -0.2) is 0 Å². The molecule has 2 aliphatic heterocycles. The predicted octanol–water partition coefficient (Wildman–Crippen LogP) is 6.69. The van der Waals surface area contributed by atoms with Crippen molar-refractivity contribution in [1.82, 2.24) is 9.80 Å². The van der Waals surface area contributed by atoms with Gasteiger partial charge in [0.2, 0.25) is 5.91 Å². The van der Waals surface area contributed by atoms with E-state index in [9.17, 15) is 27.9 Å². The average molecular weight is 679 g/mol. The van der Waals surface area contributed by atoms with E-state index in [-0.39, 0.29) is 18.0 Å². The first-order chi connectivity index (χ1) is 23.5. The number of aliphatic hydroxyl groups is 1. The molecule has 5 atom stereocenters. The van der Waals surface area contributed by atoms with Crippen molar-refractivity contribution in [2.45, 2.75) is 113 Å². The molecule has 1 N–H and O–H groups in total. The van der Waals surface area contributed by atoms with E-state index >= 15 is 0 Å². The van der Waals surface area contributed by atoms with Crippen LogP contribution in [0.1, 0.15) is 93.4 Å². The summed E-state index contributed by atoms with van der Waals surface area (Å²) in [7, 11) is 0. The quantitative estimate of drug-likeness (QED) is 0.191. The van der Waals surface area contributed by atoms with E-state index in [2.05, 4.69) is 4.90 Å². The fraction of sp³-hybridized carbons (Fsp3) is 0.590. The van der Waals surface area contributed by atoms with Gasteiger partial charge in [-0.3, -0.25) is 14.5 Å². The number of piperidine rings is 1. The highest BCUT2D eigenvalue weighted by molar-refractivity contribution is 5.92. The van der Waals surface area contributed by atoms with Crippen molar-refractivity contribution < 1.29 is 37.3 Å². The molecule has 1 saturated heterocycles. The van der Waals surface area contributed by atoms with Crippen molar-refractivity contribution in [3.8, 4) is 11.5 Å². The maximum atomic E-state index is 14.4. The normalized spacial score (nSPS) is 30.9. The summed E-state index contributed by atoms with van der Waals surface area (Å²) < 4.78 is 53.0. The molecule has 2 aromatic rings. The maximum Gasteiger partial charge on any atom is 0.416 e. The largest absolute Gasteiger partial charge is 0.483 e. The lowest BCUT2D eigenvalue weighted by molar-refractivity contribution is -0.201. The van der Waals surface area contributed by atoms with E-state index in [0.29, 0.717) is 61.1 Å². The number of esters is 1. The first-order valence-corrected chi connectivity index (χ1v) is 18.1. The van der Waals surface area contributed by atoms with Gasteiger partial charge >= 0.3 is 12.1 Å². The van der Waals surface area contributed by atoms with Crippen LogP contribution >= 0.6 is 0 Å². The second kappa shape index (κ2) is 12.1. The standard InChI is InChI=1S/C39H45F3N2O5/c1-24(45)48-31-14-13-28-21-32-38(47)17-16-30(36-37(38,34(28)35(31)49-36)18-19-43(32)22-27-10-11-27)44(23-26-6-3-2-4-7-26)33(46)15-12-25-8-5-9-29(20-25)39(40,41)42/h5,8-9,12-15,20,26-27,30,32,36,47H,2-4,6-7,10-11,16-19,21-23H2,1H3/t30-,32-,36+,37+,38-/m1/s1. The molecule has 0 unspecified atom stereocenters. The van der Waals surface area contributed by atoms with Gasteiger partial charge in [0, 0.05) is 37.7 Å². The van der Waals surface area contributed by atoms with Gasteiger partial charge in [0.05, 0.1) is 22.6 Å². The van der Waals surface area contributed by atoms with E-state index < -0.39 is 34.8 Å². The lowest BCUT2D eigenvalue weighted by Crippen LogP contribution is -2.78. The molecule has 3 saturated carbocycles. The Morgan fingerprint density at radius 3 is 2.59 bits per heavy atom. The Hall–Kier alpha value is -3.37. The summed E-state index contributed by atoms with van der Waals surface area (Å²) in [6, 6.07) is 8.34. The van der Waals surface area contributed by atoms with Crippen LogP contribution in [0.3, 0.4) is 0 Å². The molecule has 1 amide bonds. The number of halogens is 3. The molecule has 0 aromatic heterocycles. The molecule has 4 aliphatic carbocycles. The minimum atomic E-state index is -4.48. The molecule has 10 heteroatoms. The highest BCUT2D eigenvalue weighted by Crippen LogP contribution is 2.66. The number of nitrogens with zero attached hydrogens (tertiary/aromatic N) is 2. The topological polar surface area (TPSA) is 79.3 Å². The van der Waals surface area contributed by atoms with E-state index in [1.807, 2.05) is 11.0 Å². The molecule has 2 aromatic carbocycles. The minimum absolute atomic E-state index is 0.0878. The van der Waals surface area contributed by atoms with Crippen molar-refractivity contribution >= 4 is 18.0 Å². The van der Waals surface area contributed by atoms with Gasteiger partial charge in [0.25, 0.3) is 0 Å². The molecule has 4 fully saturated rings. The number of amides is 1. The number of rotatable bonds is 8. The lowest BCUT2D eigenvalue weighted by Gasteiger charge is -2.65. The summed E-state index contributed by atoms with van der Waals surface area (Å²) in [6.45, 7) is 3.65. The first kappa shape index (κ1) is 32.8. The van der Waals surface area contributed by atoms with Crippen LogP contribution in [0.15, 0.2) is 42.5 Å². The third-order valence-electron chi connectivity index (χ3n) is 12.5. The molecule has 49 heavy (non-hydrogen) atoms. The number of carbonyl (C=O) groups excluding carboxylic acids is 2. The Kier molecular flexibility index (Phi) is 8.13. The lowest BCUT2D eigenvalue weighted by atomic mass is 9.48. The minimum Gasteiger partial charge on any atom is -0.483 e. The number of benzene rings is 2. The summed E-state index contributed by atoms with van der Waals surface area (Å²) in [5.41, 5.74) is -0.328. The molecule has 7 nitrogen and oxygen atoms in total. The third kappa shape index (κ3) is 5.57. The number of hydrogen-bond acceptors (Lipinski definition) is 6. The number of carbonyl (C=O) groups is 2. The predicted molar refractivity (Wildman–Crippen MR) is 177 cm³/mol. The summed E-state index contributed by atoms with van der Waals surface area (Å²) in [6.07, 6.45) is 7.99. The molecule has 1 spiro atoms. The number of ether oxygens (including phenoxy) is 2. The van der Waals surface area contributed by atoms with E-state index in [0.717, 1.165) is 62.0 Å². The third-order valence-corrected chi connectivity index (χ3v) is 12.5. The van der Waals surface area contributed by atoms with Crippen molar-refractivity contribution in [2.75, 3.05) is 19.6 Å². The zero-order valence-electron chi connectivity index (χ0n) is 28.0. The van der Waals surface area contributed by atoms with Crippen LogP contribution in [0.25, 0.3) is 6.08 Å². The zero-order chi connectivity index (χ0) is 34.1. The van der Waals surface area contributed by atoms with Gasteiger partial charge in [-0.15, -0.1) is 0 Å². The number of hydrogen-bond donors (Lipinski definition) is 1. The summed E-state index contributed by atoms with van der Waals surface area (Å²) in [5.74, 6) is 1.08. The van der Waals surface area contributed by atoms with E-state index in [1.165, 1.54) is 44.4 Å². The van der Waals surface area contributed by atoms with Crippen LogP contribution in [0, 0.1) is 11.8 Å². The zero-order valence-corrected chi connectivity index (χ0v) is 28.0. The Labute approximate surface area is 285 Å².